The van der Waals surface area contributed by atoms with Gasteiger partial charge in [-0.05, 0) is 45.6 Å². The van der Waals surface area contributed by atoms with Crippen LogP contribution in [0.25, 0.3) is 0 Å². The summed E-state index contributed by atoms with van der Waals surface area (Å²) in [6.45, 7) is 5.76. The molecule has 1 unspecified atom stereocenters. The Bertz CT molecular complexity index is 929. The van der Waals surface area contributed by atoms with Gasteiger partial charge in [-0.25, -0.2) is 8.42 Å². The van der Waals surface area contributed by atoms with Gasteiger partial charge in [-0.15, -0.1) is 11.3 Å². The summed E-state index contributed by atoms with van der Waals surface area (Å²) in [6, 6.07) is 1.36. The smallest absolute Gasteiger partial charge is 0.245 e. The maximum absolute atomic E-state index is 13.2. The molecule has 1 aliphatic carbocycles. The van der Waals surface area contributed by atoms with E-state index in [1.54, 1.807) is 11.0 Å². The number of amides is 2. The van der Waals surface area contributed by atoms with E-state index in [9.17, 15) is 18.0 Å². The second-order valence-electron chi connectivity index (χ2n) is 9.03. The minimum Gasteiger partial charge on any atom is -0.338 e. The van der Waals surface area contributed by atoms with E-state index in [-0.39, 0.29) is 23.8 Å². The van der Waals surface area contributed by atoms with E-state index in [1.807, 2.05) is 18.7 Å². The summed E-state index contributed by atoms with van der Waals surface area (Å²) >= 11 is 1.49. The van der Waals surface area contributed by atoms with Crippen molar-refractivity contribution < 1.29 is 18.0 Å². The summed E-state index contributed by atoms with van der Waals surface area (Å²) in [7, 11) is -3.54. The summed E-state index contributed by atoms with van der Waals surface area (Å²) in [6.07, 6.45) is 6.85. The summed E-state index contributed by atoms with van der Waals surface area (Å²) in [5, 5.41) is 0. The van der Waals surface area contributed by atoms with E-state index < -0.39 is 10.0 Å². The summed E-state index contributed by atoms with van der Waals surface area (Å²) < 4.78 is 27.6. The molecule has 0 N–H and O–H groups in total. The van der Waals surface area contributed by atoms with Crippen LogP contribution < -0.4 is 0 Å². The van der Waals surface area contributed by atoms with Crippen molar-refractivity contribution in [3.05, 3.63) is 15.8 Å². The normalized spacial score (nSPS) is 24.0. The average molecular weight is 468 g/mol. The van der Waals surface area contributed by atoms with Crippen molar-refractivity contribution in [1.29, 1.82) is 0 Å². The summed E-state index contributed by atoms with van der Waals surface area (Å²) in [5.74, 6) is 0.211. The number of hydrogen-bond acceptors (Lipinski definition) is 5. The van der Waals surface area contributed by atoms with Gasteiger partial charge in [0.2, 0.25) is 21.8 Å². The molecule has 1 saturated carbocycles. The number of carbonyl (C=O) groups is 2. The van der Waals surface area contributed by atoms with E-state index in [4.69, 9.17) is 0 Å². The molecule has 4 rings (SSSR count). The zero-order valence-corrected chi connectivity index (χ0v) is 20.1. The first-order valence-electron chi connectivity index (χ1n) is 11.5. The predicted octanol–water partition coefficient (Wildman–Crippen LogP) is 2.77. The van der Waals surface area contributed by atoms with Crippen LogP contribution in [0.1, 0.15) is 54.7 Å². The maximum atomic E-state index is 13.2. The van der Waals surface area contributed by atoms with Gasteiger partial charge in [0.05, 0.1) is 4.90 Å². The SMILES string of the molecule is Cc1cc(S(=O)(=O)N2CCN(C(=O)C3CCCN3C(=O)C3CCCCC3)CC2)c(C)s1. The second-order valence-corrected chi connectivity index (χ2v) is 12.4. The fourth-order valence-electron chi connectivity index (χ4n) is 5.23. The Hall–Kier alpha value is -1.45. The van der Waals surface area contributed by atoms with Gasteiger partial charge >= 0.3 is 0 Å². The van der Waals surface area contributed by atoms with Gasteiger partial charge < -0.3 is 9.80 Å². The Morgan fingerprint density at radius 3 is 2.19 bits per heavy atom. The molecule has 0 bridgehead atoms. The molecule has 2 amide bonds. The van der Waals surface area contributed by atoms with Crippen LogP contribution in [0.3, 0.4) is 0 Å². The minimum absolute atomic E-state index is 0.0127. The molecular formula is C22H33N3O4S2. The molecule has 9 heteroatoms. The number of piperazine rings is 1. The van der Waals surface area contributed by atoms with Gasteiger partial charge in [-0.2, -0.15) is 4.31 Å². The van der Waals surface area contributed by atoms with Crippen LogP contribution in [-0.4, -0.2) is 73.1 Å². The lowest BCUT2D eigenvalue weighted by atomic mass is 9.88. The highest BCUT2D eigenvalue weighted by Crippen LogP contribution is 2.31. The number of thiophene rings is 1. The van der Waals surface area contributed by atoms with Gasteiger partial charge in [0, 0.05) is 48.4 Å². The first-order valence-corrected chi connectivity index (χ1v) is 13.7. The van der Waals surface area contributed by atoms with Crippen LogP contribution in [0, 0.1) is 19.8 Å². The molecule has 1 atom stereocenters. The number of aryl methyl sites for hydroxylation is 2. The molecule has 3 aliphatic rings. The number of hydrogen-bond donors (Lipinski definition) is 0. The first-order chi connectivity index (χ1) is 14.8. The largest absolute Gasteiger partial charge is 0.338 e. The molecule has 3 heterocycles. The molecule has 3 fully saturated rings. The maximum Gasteiger partial charge on any atom is 0.245 e. The van der Waals surface area contributed by atoms with E-state index in [0.29, 0.717) is 44.0 Å². The molecule has 172 valence electrons. The highest BCUT2D eigenvalue weighted by atomic mass is 32.2. The number of carbonyl (C=O) groups excluding carboxylic acids is 2. The Balaban J connectivity index is 1.38. The Kier molecular flexibility index (Phi) is 6.74. The third kappa shape index (κ3) is 4.54. The number of nitrogens with zero attached hydrogens (tertiary/aromatic N) is 3. The van der Waals surface area contributed by atoms with Crippen molar-refractivity contribution in [3.8, 4) is 0 Å². The number of sulfonamides is 1. The highest BCUT2D eigenvalue weighted by Gasteiger charge is 2.40. The molecular weight excluding hydrogens is 434 g/mol. The molecule has 1 aromatic rings. The zero-order valence-electron chi connectivity index (χ0n) is 18.5. The predicted molar refractivity (Wildman–Crippen MR) is 120 cm³/mol. The van der Waals surface area contributed by atoms with Gasteiger partial charge in [0.15, 0.2) is 0 Å². The molecule has 0 spiro atoms. The topological polar surface area (TPSA) is 78.0 Å². The fraction of sp³-hybridized carbons (Fsp3) is 0.727. The zero-order chi connectivity index (χ0) is 22.2. The molecule has 0 radical (unpaired) electrons. The third-order valence-electron chi connectivity index (χ3n) is 6.94. The third-order valence-corrected chi connectivity index (χ3v) is 10.1. The average Bonchev–Trinajstić information content (AvgIpc) is 3.40. The van der Waals surface area contributed by atoms with Crippen LogP contribution in [0.15, 0.2) is 11.0 Å². The lowest BCUT2D eigenvalue weighted by Crippen LogP contribution is -2.55. The lowest BCUT2D eigenvalue weighted by molar-refractivity contribution is -0.147. The van der Waals surface area contributed by atoms with Crippen LogP contribution in [0.4, 0.5) is 0 Å². The van der Waals surface area contributed by atoms with Crippen molar-refractivity contribution in [2.45, 2.75) is 69.7 Å². The van der Waals surface area contributed by atoms with E-state index in [0.717, 1.165) is 41.9 Å². The van der Waals surface area contributed by atoms with Crippen LogP contribution in [0.5, 0.6) is 0 Å². The van der Waals surface area contributed by atoms with Crippen molar-refractivity contribution >= 4 is 33.2 Å². The Morgan fingerprint density at radius 2 is 1.58 bits per heavy atom. The fourth-order valence-corrected chi connectivity index (χ4v) is 8.18. The van der Waals surface area contributed by atoms with Gasteiger partial charge in [0.25, 0.3) is 0 Å². The molecule has 1 aromatic heterocycles. The molecule has 0 aromatic carbocycles. The number of likely N-dealkylation sites (tertiary alicyclic amines) is 1. The summed E-state index contributed by atoms with van der Waals surface area (Å²) in [5.41, 5.74) is 0. The van der Waals surface area contributed by atoms with Crippen molar-refractivity contribution in [1.82, 2.24) is 14.1 Å². The summed E-state index contributed by atoms with van der Waals surface area (Å²) in [4.78, 5) is 32.0. The highest BCUT2D eigenvalue weighted by molar-refractivity contribution is 7.89. The van der Waals surface area contributed by atoms with Crippen molar-refractivity contribution in [3.63, 3.8) is 0 Å². The van der Waals surface area contributed by atoms with Crippen molar-refractivity contribution in [2.75, 3.05) is 32.7 Å². The Labute approximate surface area is 189 Å². The first kappa shape index (κ1) is 22.7. The molecule has 2 saturated heterocycles. The minimum atomic E-state index is -3.54. The Morgan fingerprint density at radius 1 is 0.903 bits per heavy atom. The van der Waals surface area contributed by atoms with Crippen LogP contribution in [0.2, 0.25) is 0 Å². The van der Waals surface area contributed by atoms with Crippen molar-refractivity contribution in [2.24, 2.45) is 5.92 Å². The van der Waals surface area contributed by atoms with E-state index in [2.05, 4.69) is 0 Å². The lowest BCUT2D eigenvalue weighted by Gasteiger charge is -2.37. The molecule has 2 aliphatic heterocycles. The monoisotopic (exact) mass is 467 g/mol. The van der Waals surface area contributed by atoms with Crippen LogP contribution in [-0.2, 0) is 19.6 Å². The molecule has 31 heavy (non-hydrogen) atoms. The van der Waals surface area contributed by atoms with Crippen LogP contribution >= 0.6 is 11.3 Å². The van der Waals surface area contributed by atoms with E-state index in [1.165, 1.54) is 22.1 Å². The standard InChI is InChI=1S/C22H33N3O4S2/c1-16-15-20(17(2)30-16)31(28,29)24-13-11-23(12-14-24)22(27)19-9-6-10-25(19)21(26)18-7-4-3-5-8-18/h15,18-19H,3-14H2,1-2H3. The quantitative estimate of drug-likeness (QED) is 0.682. The second kappa shape index (κ2) is 9.19. The van der Waals surface area contributed by atoms with Gasteiger partial charge in [0.1, 0.15) is 6.04 Å². The number of rotatable bonds is 4. The molecule has 7 nitrogen and oxygen atoms in total. The van der Waals surface area contributed by atoms with Gasteiger partial charge in [-0.1, -0.05) is 19.3 Å². The van der Waals surface area contributed by atoms with Gasteiger partial charge in [-0.3, -0.25) is 9.59 Å². The van der Waals surface area contributed by atoms with E-state index >= 15 is 0 Å².